The molecule has 148 valence electrons. The molecule has 0 saturated carbocycles. The molecule has 1 aromatic carbocycles. The Bertz CT molecular complexity index is 662. The number of hydrogen-bond acceptors (Lipinski definition) is 4. The summed E-state index contributed by atoms with van der Waals surface area (Å²) in [4.78, 5) is 29.0. The highest BCUT2D eigenvalue weighted by Gasteiger charge is 2.33. The Hall–Kier alpha value is -1.99. The normalized spacial score (nSPS) is 21.9. The molecule has 6 nitrogen and oxygen atoms in total. The highest BCUT2D eigenvalue weighted by molar-refractivity contribution is 5.88. The van der Waals surface area contributed by atoms with Gasteiger partial charge in [0.25, 0.3) is 0 Å². The Morgan fingerprint density at radius 1 is 1.30 bits per heavy atom. The molecule has 1 aromatic rings. The maximum absolute atomic E-state index is 13.5. The van der Waals surface area contributed by atoms with E-state index in [-0.39, 0.29) is 24.1 Å². The molecule has 3 rings (SSSR count). The number of rotatable bonds is 6. The van der Waals surface area contributed by atoms with Crippen LogP contribution in [-0.4, -0.2) is 67.6 Å². The van der Waals surface area contributed by atoms with E-state index >= 15 is 0 Å². The molecule has 2 aliphatic heterocycles. The second kappa shape index (κ2) is 9.28. The van der Waals surface area contributed by atoms with Crippen molar-refractivity contribution in [3.8, 4) is 0 Å². The molecule has 2 amide bonds. The summed E-state index contributed by atoms with van der Waals surface area (Å²) >= 11 is 0. The molecule has 2 fully saturated rings. The van der Waals surface area contributed by atoms with Gasteiger partial charge in [0.05, 0.1) is 12.5 Å². The van der Waals surface area contributed by atoms with Crippen molar-refractivity contribution in [3.05, 3.63) is 35.6 Å². The molecule has 1 N–H and O–H groups in total. The molecular formula is C20H28FN3O3. The van der Waals surface area contributed by atoms with Crippen LogP contribution in [0.5, 0.6) is 0 Å². The van der Waals surface area contributed by atoms with Crippen molar-refractivity contribution in [2.45, 2.75) is 31.8 Å². The lowest BCUT2D eigenvalue weighted by molar-refractivity contribution is -0.140. The van der Waals surface area contributed by atoms with Crippen LogP contribution < -0.4 is 5.32 Å². The molecule has 0 aliphatic carbocycles. The van der Waals surface area contributed by atoms with Crippen LogP contribution in [0.3, 0.4) is 0 Å². The fourth-order valence-electron chi connectivity index (χ4n) is 3.92. The lowest BCUT2D eigenvalue weighted by atomic mass is 9.97. The second-order valence-electron chi connectivity index (χ2n) is 7.39. The predicted octanol–water partition coefficient (Wildman–Crippen LogP) is 1.40. The quantitative estimate of drug-likeness (QED) is 0.814. The number of halogens is 1. The number of benzene rings is 1. The van der Waals surface area contributed by atoms with Crippen LogP contribution in [0.1, 0.15) is 24.8 Å². The molecule has 2 heterocycles. The summed E-state index contributed by atoms with van der Waals surface area (Å²) in [5.41, 5.74) is 0.808. The lowest BCUT2D eigenvalue weighted by Gasteiger charge is -2.37. The SMILES string of the molecule is COCC1CCN(C(=O)CC2C(=O)NCCN2Cc2cccc(F)c2)CC1. The van der Waals surface area contributed by atoms with E-state index in [0.29, 0.717) is 38.6 Å². The van der Waals surface area contributed by atoms with Crippen molar-refractivity contribution in [2.24, 2.45) is 5.92 Å². The maximum atomic E-state index is 13.5. The molecule has 1 atom stereocenters. The zero-order valence-corrected chi connectivity index (χ0v) is 15.8. The minimum absolute atomic E-state index is 0.0113. The third-order valence-electron chi connectivity index (χ3n) is 5.45. The van der Waals surface area contributed by atoms with Crippen molar-refractivity contribution < 1.29 is 18.7 Å². The zero-order chi connectivity index (χ0) is 19.2. The van der Waals surface area contributed by atoms with Gasteiger partial charge in [-0.05, 0) is 36.5 Å². The van der Waals surface area contributed by atoms with Crippen LogP contribution in [0.4, 0.5) is 4.39 Å². The van der Waals surface area contributed by atoms with Crippen molar-refractivity contribution >= 4 is 11.8 Å². The van der Waals surface area contributed by atoms with E-state index < -0.39 is 6.04 Å². The summed E-state index contributed by atoms with van der Waals surface area (Å²) in [6, 6.07) is 5.88. The predicted molar refractivity (Wildman–Crippen MR) is 99.4 cm³/mol. The number of methoxy groups -OCH3 is 1. The van der Waals surface area contributed by atoms with Crippen LogP contribution in [0, 0.1) is 11.7 Å². The van der Waals surface area contributed by atoms with Gasteiger partial charge in [0, 0.05) is 46.4 Å². The average Bonchev–Trinajstić information content (AvgIpc) is 2.65. The van der Waals surface area contributed by atoms with Gasteiger partial charge in [0.1, 0.15) is 5.82 Å². The average molecular weight is 377 g/mol. The molecule has 0 bridgehead atoms. The van der Waals surface area contributed by atoms with Gasteiger partial charge in [-0.15, -0.1) is 0 Å². The number of carbonyl (C=O) groups excluding carboxylic acids is 2. The molecule has 1 unspecified atom stereocenters. The first-order chi connectivity index (χ1) is 13.1. The van der Waals surface area contributed by atoms with E-state index in [0.717, 1.165) is 25.0 Å². The van der Waals surface area contributed by atoms with Gasteiger partial charge in [-0.2, -0.15) is 0 Å². The van der Waals surface area contributed by atoms with Crippen LogP contribution >= 0.6 is 0 Å². The number of piperazine rings is 1. The van der Waals surface area contributed by atoms with Crippen LogP contribution in [0.15, 0.2) is 24.3 Å². The largest absolute Gasteiger partial charge is 0.384 e. The molecular weight excluding hydrogens is 349 g/mol. The molecule has 0 aromatic heterocycles. The van der Waals surface area contributed by atoms with Crippen LogP contribution in [0.25, 0.3) is 0 Å². The van der Waals surface area contributed by atoms with E-state index in [9.17, 15) is 14.0 Å². The number of carbonyl (C=O) groups is 2. The number of likely N-dealkylation sites (tertiary alicyclic amines) is 1. The molecule has 0 radical (unpaired) electrons. The summed E-state index contributed by atoms with van der Waals surface area (Å²) in [7, 11) is 1.70. The standard InChI is InChI=1S/C20H28FN3O3/c1-27-14-15-5-8-23(9-6-15)19(25)12-18-20(26)22-7-10-24(18)13-16-3-2-4-17(21)11-16/h2-4,11,15,18H,5-10,12-14H2,1H3,(H,22,26). The van der Waals surface area contributed by atoms with Gasteiger partial charge in [0.15, 0.2) is 0 Å². The van der Waals surface area contributed by atoms with E-state index in [1.807, 2.05) is 15.9 Å². The fourth-order valence-corrected chi connectivity index (χ4v) is 3.92. The summed E-state index contributed by atoms with van der Waals surface area (Å²) in [5, 5.41) is 2.85. The van der Waals surface area contributed by atoms with E-state index in [1.54, 1.807) is 13.2 Å². The van der Waals surface area contributed by atoms with Gasteiger partial charge in [-0.3, -0.25) is 14.5 Å². The third kappa shape index (κ3) is 5.26. The van der Waals surface area contributed by atoms with Gasteiger partial charge in [-0.1, -0.05) is 12.1 Å². The fraction of sp³-hybridized carbons (Fsp3) is 0.600. The number of nitrogens with zero attached hydrogens (tertiary/aromatic N) is 2. The number of ether oxygens (including phenoxy) is 1. The molecule has 0 spiro atoms. The Labute approximate surface area is 159 Å². The summed E-state index contributed by atoms with van der Waals surface area (Å²) in [6.45, 7) is 3.81. The lowest BCUT2D eigenvalue weighted by Crippen LogP contribution is -2.56. The minimum Gasteiger partial charge on any atom is -0.384 e. The number of piperidine rings is 1. The smallest absolute Gasteiger partial charge is 0.237 e. The van der Waals surface area contributed by atoms with Crippen LogP contribution in [0.2, 0.25) is 0 Å². The first kappa shape index (κ1) is 19.8. The Balaban J connectivity index is 1.60. The van der Waals surface area contributed by atoms with Gasteiger partial charge >= 0.3 is 0 Å². The summed E-state index contributed by atoms with van der Waals surface area (Å²) in [6.07, 6.45) is 2.03. The van der Waals surface area contributed by atoms with Crippen LogP contribution in [-0.2, 0) is 20.9 Å². The molecule has 7 heteroatoms. The highest BCUT2D eigenvalue weighted by atomic mass is 19.1. The van der Waals surface area contributed by atoms with Gasteiger partial charge in [0.2, 0.25) is 11.8 Å². The van der Waals surface area contributed by atoms with Gasteiger partial charge in [-0.25, -0.2) is 4.39 Å². The molecule has 2 aliphatic rings. The Kier molecular flexibility index (Phi) is 6.79. The topological polar surface area (TPSA) is 61.9 Å². The monoisotopic (exact) mass is 377 g/mol. The Morgan fingerprint density at radius 2 is 2.07 bits per heavy atom. The first-order valence-corrected chi connectivity index (χ1v) is 9.59. The minimum atomic E-state index is -0.508. The summed E-state index contributed by atoms with van der Waals surface area (Å²) in [5.74, 6) is 0.0967. The number of amides is 2. The van der Waals surface area contributed by atoms with E-state index in [4.69, 9.17) is 4.74 Å². The van der Waals surface area contributed by atoms with E-state index in [2.05, 4.69) is 5.32 Å². The number of nitrogens with one attached hydrogen (secondary N) is 1. The highest BCUT2D eigenvalue weighted by Crippen LogP contribution is 2.20. The molecule has 27 heavy (non-hydrogen) atoms. The maximum Gasteiger partial charge on any atom is 0.237 e. The Morgan fingerprint density at radius 3 is 2.78 bits per heavy atom. The van der Waals surface area contributed by atoms with Crippen molar-refractivity contribution in [3.63, 3.8) is 0 Å². The molecule has 2 saturated heterocycles. The van der Waals surface area contributed by atoms with Gasteiger partial charge < -0.3 is 15.0 Å². The second-order valence-corrected chi connectivity index (χ2v) is 7.39. The third-order valence-corrected chi connectivity index (χ3v) is 5.45. The zero-order valence-electron chi connectivity index (χ0n) is 15.8. The van der Waals surface area contributed by atoms with E-state index in [1.165, 1.54) is 12.1 Å². The van der Waals surface area contributed by atoms with Crippen molar-refractivity contribution in [2.75, 3.05) is 39.9 Å². The van der Waals surface area contributed by atoms with Crippen molar-refractivity contribution in [1.29, 1.82) is 0 Å². The van der Waals surface area contributed by atoms with Crippen molar-refractivity contribution in [1.82, 2.24) is 15.1 Å². The first-order valence-electron chi connectivity index (χ1n) is 9.59. The number of hydrogen-bond donors (Lipinski definition) is 1. The summed E-state index contributed by atoms with van der Waals surface area (Å²) < 4.78 is 18.7.